The highest BCUT2D eigenvalue weighted by molar-refractivity contribution is 5.75. The van der Waals surface area contributed by atoms with E-state index in [2.05, 4.69) is 28.7 Å². The SMILES string of the molecule is CC(C)C(c1nc2ccc(F)cc2[nH]1)N(C)C. The first-order chi connectivity index (χ1) is 7.99. The number of aromatic nitrogens is 2. The molecule has 0 spiro atoms. The van der Waals surface area contributed by atoms with Crippen molar-refractivity contribution >= 4 is 11.0 Å². The van der Waals surface area contributed by atoms with Crippen LogP contribution in [0.3, 0.4) is 0 Å². The van der Waals surface area contributed by atoms with Gasteiger partial charge in [0.15, 0.2) is 0 Å². The van der Waals surface area contributed by atoms with Crippen LogP contribution in [0.1, 0.15) is 25.7 Å². The predicted molar refractivity (Wildman–Crippen MR) is 67.3 cm³/mol. The second-order valence-corrected chi connectivity index (χ2v) is 4.94. The molecule has 17 heavy (non-hydrogen) atoms. The summed E-state index contributed by atoms with van der Waals surface area (Å²) in [5.74, 6) is 1.10. The first kappa shape index (κ1) is 12.0. The lowest BCUT2D eigenvalue weighted by molar-refractivity contribution is 0.226. The molecule has 0 bridgehead atoms. The molecule has 92 valence electrons. The minimum atomic E-state index is -0.237. The average Bonchev–Trinajstić information content (AvgIpc) is 2.58. The Morgan fingerprint density at radius 2 is 2.00 bits per heavy atom. The topological polar surface area (TPSA) is 31.9 Å². The van der Waals surface area contributed by atoms with E-state index in [1.807, 2.05) is 14.1 Å². The molecule has 0 aliphatic carbocycles. The largest absolute Gasteiger partial charge is 0.341 e. The van der Waals surface area contributed by atoms with Gasteiger partial charge in [-0.15, -0.1) is 0 Å². The van der Waals surface area contributed by atoms with Crippen molar-refractivity contribution in [1.29, 1.82) is 0 Å². The smallest absolute Gasteiger partial charge is 0.125 e. The molecule has 0 saturated heterocycles. The number of halogens is 1. The second-order valence-electron chi connectivity index (χ2n) is 4.94. The Kier molecular flexibility index (Phi) is 3.15. The molecular formula is C13H18FN3. The van der Waals surface area contributed by atoms with Gasteiger partial charge in [-0.1, -0.05) is 13.8 Å². The van der Waals surface area contributed by atoms with Crippen molar-refractivity contribution in [1.82, 2.24) is 14.9 Å². The number of benzene rings is 1. The van der Waals surface area contributed by atoms with Crippen molar-refractivity contribution in [2.24, 2.45) is 5.92 Å². The molecule has 1 aromatic heterocycles. The summed E-state index contributed by atoms with van der Waals surface area (Å²) >= 11 is 0. The van der Waals surface area contributed by atoms with Gasteiger partial charge in [-0.05, 0) is 38.2 Å². The molecule has 0 amide bonds. The van der Waals surface area contributed by atoms with Crippen molar-refractivity contribution in [3.63, 3.8) is 0 Å². The van der Waals surface area contributed by atoms with E-state index >= 15 is 0 Å². The zero-order valence-electron chi connectivity index (χ0n) is 10.7. The van der Waals surface area contributed by atoms with E-state index < -0.39 is 0 Å². The highest BCUT2D eigenvalue weighted by atomic mass is 19.1. The van der Waals surface area contributed by atoms with Crippen LogP contribution in [0.15, 0.2) is 18.2 Å². The third kappa shape index (κ3) is 2.31. The summed E-state index contributed by atoms with van der Waals surface area (Å²) in [5, 5.41) is 0. The van der Waals surface area contributed by atoms with E-state index in [1.54, 1.807) is 6.07 Å². The van der Waals surface area contributed by atoms with E-state index in [0.29, 0.717) is 5.92 Å². The highest BCUT2D eigenvalue weighted by Crippen LogP contribution is 2.26. The number of rotatable bonds is 3. The third-order valence-corrected chi connectivity index (χ3v) is 2.93. The van der Waals surface area contributed by atoms with Gasteiger partial charge in [0.05, 0.1) is 17.1 Å². The number of fused-ring (bicyclic) bond motifs is 1. The number of imidazole rings is 1. The Labute approximate surface area is 101 Å². The maximum Gasteiger partial charge on any atom is 0.125 e. The van der Waals surface area contributed by atoms with E-state index in [9.17, 15) is 4.39 Å². The van der Waals surface area contributed by atoms with Gasteiger partial charge in [0.25, 0.3) is 0 Å². The second kappa shape index (κ2) is 4.45. The molecule has 0 saturated carbocycles. The normalized spacial score (nSPS) is 13.8. The number of H-pyrrole nitrogens is 1. The number of nitrogens with one attached hydrogen (secondary N) is 1. The molecule has 4 heteroatoms. The van der Waals surface area contributed by atoms with E-state index in [4.69, 9.17) is 0 Å². The average molecular weight is 235 g/mol. The first-order valence-corrected chi connectivity index (χ1v) is 5.80. The Balaban J connectivity index is 2.47. The summed E-state index contributed by atoms with van der Waals surface area (Å²) in [7, 11) is 4.05. The summed E-state index contributed by atoms with van der Waals surface area (Å²) < 4.78 is 13.1. The number of nitrogens with zero attached hydrogens (tertiary/aromatic N) is 2. The van der Waals surface area contributed by atoms with E-state index in [-0.39, 0.29) is 11.9 Å². The Bertz CT molecular complexity index is 508. The molecule has 0 fully saturated rings. The molecule has 1 aromatic carbocycles. The van der Waals surface area contributed by atoms with Gasteiger partial charge >= 0.3 is 0 Å². The lowest BCUT2D eigenvalue weighted by Gasteiger charge is -2.25. The summed E-state index contributed by atoms with van der Waals surface area (Å²) in [5.41, 5.74) is 1.57. The predicted octanol–water partition coefficient (Wildman–Crippen LogP) is 2.96. The maximum atomic E-state index is 13.1. The number of aromatic amines is 1. The van der Waals surface area contributed by atoms with Gasteiger partial charge < -0.3 is 4.98 Å². The maximum absolute atomic E-state index is 13.1. The van der Waals surface area contributed by atoms with Crippen LogP contribution in [0.2, 0.25) is 0 Å². The fourth-order valence-electron chi connectivity index (χ4n) is 2.30. The number of hydrogen-bond acceptors (Lipinski definition) is 2. The molecule has 2 rings (SSSR count). The molecule has 1 N–H and O–H groups in total. The van der Waals surface area contributed by atoms with Crippen LogP contribution in [0.5, 0.6) is 0 Å². The summed E-state index contributed by atoms with van der Waals surface area (Å²) in [6, 6.07) is 4.84. The van der Waals surface area contributed by atoms with Crippen molar-refractivity contribution in [3.8, 4) is 0 Å². The summed E-state index contributed by atoms with van der Waals surface area (Å²) in [4.78, 5) is 9.86. The van der Waals surface area contributed by atoms with Gasteiger partial charge in [0.1, 0.15) is 11.6 Å². The van der Waals surface area contributed by atoms with Crippen LogP contribution in [-0.2, 0) is 0 Å². The summed E-state index contributed by atoms with van der Waals surface area (Å²) in [6.45, 7) is 4.30. The van der Waals surface area contributed by atoms with Crippen LogP contribution in [0.4, 0.5) is 4.39 Å². The van der Waals surface area contributed by atoms with Crippen LogP contribution < -0.4 is 0 Å². The Hall–Kier alpha value is -1.42. The summed E-state index contributed by atoms with van der Waals surface area (Å²) in [6.07, 6.45) is 0. The van der Waals surface area contributed by atoms with Gasteiger partial charge in [-0.25, -0.2) is 9.37 Å². The minimum Gasteiger partial charge on any atom is -0.341 e. The molecule has 0 aliphatic heterocycles. The van der Waals surface area contributed by atoms with Crippen LogP contribution in [-0.4, -0.2) is 29.0 Å². The van der Waals surface area contributed by atoms with Gasteiger partial charge in [-0.2, -0.15) is 0 Å². The van der Waals surface area contributed by atoms with Gasteiger partial charge in [-0.3, -0.25) is 4.90 Å². The molecule has 0 radical (unpaired) electrons. The van der Waals surface area contributed by atoms with Crippen molar-refractivity contribution in [3.05, 3.63) is 29.8 Å². The lowest BCUT2D eigenvalue weighted by Crippen LogP contribution is -2.25. The molecule has 2 aromatic rings. The third-order valence-electron chi connectivity index (χ3n) is 2.93. The quantitative estimate of drug-likeness (QED) is 0.887. The molecule has 1 unspecified atom stereocenters. The fourth-order valence-corrected chi connectivity index (χ4v) is 2.30. The van der Waals surface area contributed by atoms with Crippen molar-refractivity contribution < 1.29 is 4.39 Å². The molecule has 3 nitrogen and oxygen atoms in total. The van der Waals surface area contributed by atoms with Crippen molar-refractivity contribution in [2.45, 2.75) is 19.9 Å². The van der Waals surface area contributed by atoms with Crippen molar-refractivity contribution in [2.75, 3.05) is 14.1 Å². The van der Waals surface area contributed by atoms with Gasteiger partial charge in [0, 0.05) is 0 Å². The van der Waals surface area contributed by atoms with Gasteiger partial charge in [0.2, 0.25) is 0 Å². The Morgan fingerprint density at radius 3 is 2.59 bits per heavy atom. The fraction of sp³-hybridized carbons (Fsp3) is 0.462. The van der Waals surface area contributed by atoms with Crippen LogP contribution in [0, 0.1) is 11.7 Å². The molecule has 1 heterocycles. The first-order valence-electron chi connectivity index (χ1n) is 5.80. The molecule has 1 atom stereocenters. The Morgan fingerprint density at radius 1 is 1.29 bits per heavy atom. The number of hydrogen-bond donors (Lipinski definition) is 1. The standard InChI is InChI=1S/C13H18FN3/c1-8(2)12(17(3)4)13-15-10-6-5-9(14)7-11(10)16-13/h5-8,12H,1-4H3,(H,15,16). The zero-order valence-corrected chi connectivity index (χ0v) is 10.7. The van der Waals surface area contributed by atoms with Crippen LogP contribution in [0.25, 0.3) is 11.0 Å². The van der Waals surface area contributed by atoms with Crippen LogP contribution >= 0.6 is 0 Å². The van der Waals surface area contributed by atoms with E-state index in [0.717, 1.165) is 16.9 Å². The highest BCUT2D eigenvalue weighted by Gasteiger charge is 2.21. The monoisotopic (exact) mass is 235 g/mol. The molecule has 0 aliphatic rings. The minimum absolute atomic E-state index is 0.213. The van der Waals surface area contributed by atoms with E-state index in [1.165, 1.54) is 12.1 Å². The molecular weight excluding hydrogens is 217 g/mol. The zero-order chi connectivity index (χ0) is 12.6. The lowest BCUT2D eigenvalue weighted by atomic mass is 10.0.